The molecule has 2 N–H and O–H groups in total. The molecule has 1 aromatic carbocycles. The number of nitrogens with one attached hydrogen (secondary N) is 1. The van der Waals surface area contributed by atoms with Gasteiger partial charge in [-0.3, -0.25) is 14.2 Å². The summed E-state index contributed by atoms with van der Waals surface area (Å²) in [6.07, 6.45) is 5.78. The van der Waals surface area contributed by atoms with Gasteiger partial charge in [-0.2, -0.15) is 5.10 Å². The van der Waals surface area contributed by atoms with Crippen LogP contribution in [0.5, 0.6) is 11.5 Å². The van der Waals surface area contributed by atoms with Gasteiger partial charge >= 0.3 is 0 Å². The van der Waals surface area contributed by atoms with Crippen LogP contribution < -0.4 is 15.7 Å². The maximum atomic E-state index is 13.2. The van der Waals surface area contributed by atoms with Gasteiger partial charge < -0.3 is 9.84 Å². The molecule has 1 aliphatic rings. The first-order valence-corrected chi connectivity index (χ1v) is 10.9. The fourth-order valence-corrected chi connectivity index (χ4v) is 5.13. The Balaban J connectivity index is 1.54. The van der Waals surface area contributed by atoms with Crippen molar-refractivity contribution in [2.24, 2.45) is 11.0 Å². The van der Waals surface area contributed by atoms with E-state index in [1.807, 2.05) is 0 Å². The Morgan fingerprint density at radius 3 is 3.06 bits per heavy atom. The van der Waals surface area contributed by atoms with Gasteiger partial charge in [-0.1, -0.05) is 6.92 Å². The predicted octanol–water partition coefficient (Wildman–Crippen LogP) is 3.01. The predicted molar refractivity (Wildman–Crippen MR) is 120 cm³/mol. The molecule has 2 aromatic heterocycles. The van der Waals surface area contributed by atoms with Crippen LogP contribution in [0.4, 0.5) is 0 Å². The van der Waals surface area contributed by atoms with E-state index in [2.05, 4.69) is 22.4 Å². The molecule has 9 heteroatoms. The van der Waals surface area contributed by atoms with Crippen LogP contribution in [-0.4, -0.2) is 33.9 Å². The number of aryl methyl sites for hydroxylation is 1. The molecule has 0 bridgehead atoms. The third-order valence-electron chi connectivity index (χ3n) is 5.63. The topological polar surface area (TPSA) is 106 Å². The minimum absolute atomic E-state index is 0.0182. The molecule has 0 saturated heterocycles. The second-order valence-corrected chi connectivity index (χ2v) is 8.91. The lowest BCUT2D eigenvalue weighted by Gasteiger charge is -2.18. The summed E-state index contributed by atoms with van der Waals surface area (Å²) in [5.74, 6) is 0.509. The number of aromatic hydroxyl groups is 1. The van der Waals surface area contributed by atoms with Crippen molar-refractivity contribution in [3.8, 4) is 11.5 Å². The third kappa shape index (κ3) is 4.05. The molecule has 1 aliphatic carbocycles. The zero-order valence-corrected chi connectivity index (χ0v) is 18.4. The number of benzene rings is 1. The molecule has 2 atom stereocenters. The Morgan fingerprint density at radius 1 is 1.48 bits per heavy atom. The molecule has 0 aliphatic heterocycles. The number of hydrazone groups is 1. The van der Waals surface area contributed by atoms with Gasteiger partial charge in [0.2, 0.25) is 0 Å². The molecule has 3 aromatic rings. The Morgan fingerprint density at radius 2 is 2.29 bits per heavy atom. The van der Waals surface area contributed by atoms with Crippen LogP contribution in [0.15, 0.2) is 34.4 Å². The first-order chi connectivity index (χ1) is 14.9. The lowest BCUT2D eigenvalue weighted by Crippen LogP contribution is -2.34. The van der Waals surface area contributed by atoms with Crippen LogP contribution in [0.2, 0.25) is 0 Å². The Bertz CT molecular complexity index is 1230. The van der Waals surface area contributed by atoms with Crippen molar-refractivity contribution in [3.63, 3.8) is 0 Å². The molecular formula is C22H24N4O4S. The smallest absolute Gasteiger partial charge is 0.263 e. The number of aromatic nitrogens is 2. The SMILES string of the molecule is COc1cc(/C=N\NC(=O)[C@@H](C)n2cnc3sc4c(c3c2=O)CC[C@@H](C)C4)ccc1O. The van der Waals surface area contributed by atoms with Crippen molar-refractivity contribution < 1.29 is 14.6 Å². The van der Waals surface area contributed by atoms with Gasteiger partial charge in [0.1, 0.15) is 10.9 Å². The van der Waals surface area contributed by atoms with Gasteiger partial charge in [0.15, 0.2) is 11.5 Å². The van der Waals surface area contributed by atoms with Crippen LogP contribution in [0.1, 0.15) is 42.3 Å². The van der Waals surface area contributed by atoms with E-state index in [9.17, 15) is 14.7 Å². The van der Waals surface area contributed by atoms with Crippen molar-refractivity contribution >= 4 is 33.7 Å². The zero-order valence-electron chi connectivity index (χ0n) is 17.6. The maximum absolute atomic E-state index is 13.2. The second-order valence-electron chi connectivity index (χ2n) is 7.83. The standard InChI is InChI=1S/C22H24N4O4S/c1-12-4-6-15-18(8-12)31-21-19(15)22(29)26(11-23-21)13(2)20(28)25-24-10-14-5-7-16(27)17(9-14)30-3/h5,7,9-13,27H,4,6,8H2,1-3H3,(H,25,28)/b24-10-/t12-,13-/m1/s1. The highest BCUT2D eigenvalue weighted by Crippen LogP contribution is 2.35. The number of nitrogens with zero attached hydrogens (tertiary/aromatic N) is 3. The van der Waals surface area contributed by atoms with E-state index >= 15 is 0 Å². The molecule has 4 rings (SSSR count). The Kier molecular flexibility index (Phi) is 5.77. The summed E-state index contributed by atoms with van der Waals surface area (Å²) in [4.78, 5) is 32.2. The van der Waals surface area contributed by atoms with Gasteiger partial charge in [0.05, 0.1) is 25.0 Å². The average Bonchev–Trinajstić information content (AvgIpc) is 3.12. The van der Waals surface area contributed by atoms with Crippen molar-refractivity contribution in [2.45, 2.75) is 39.2 Å². The van der Waals surface area contributed by atoms with Crippen LogP contribution in [-0.2, 0) is 17.6 Å². The van der Waals surface area contributed by atoms with Gasteiger partial charge in [0.25, 0.3) is 11.5 Å². The fourth-order valence-electron chi connectivity index (χ4n) is 3.78. The lowest BCUT2D eigenvalue weighted by molar-refractivity contribution is -0.123. The Labute approximate surface area is 183 Å². The van der Waals surface area contributed by atoms with E-state index < -0.39 is 11.9 Å². The molecule has 0 radical (unpaired) electrons. The highest BCUT2D eigenvalue weighted by atomic mass is 32.1. The van der Waals surface area contributed by atoms with Crippen molar-refractivity contribution in [3.05, 3.63) is 50.9 Å². The highest BCUT2D eigenvalue weighted by Gasteiger charge is 2.25. The van der Waals surface area contributed by atoms with E-state index in [4.69, 9.17) is 4.74 Å². The summed E-state index contributed by atoms with van der Waals surface area (Å²) in [5.41, 5.74) is 4.01. The molecule has 162 valence electrons. The van der Waals surface area contributed by atoms with Crippen molar-refractivity contribution in [1.82, 2.24) is 15.0 Å². The number of hydrogen-bond donors (Lipinski definition) is 2. The lowest BCUT2D eigenvalue weighted by atomic mass is 9.89. The van der Waals surface area contributed by atoms with Gasteiger partial charge in [-0.25, -0.2) is 10.4 Å². The molecule has 0 unspecified atom stereocenters. The third-order valence-corrected chi connectivity index (χ3v) is 6.79. The molecule has 0 saturated carbocycles. The number of amides is 1. The van der Waals surface area contributed by atoms with Crippen molar-refractivity contribution in [1.29, 1.82) is 0 Å². The van der Waals surface area contributed by atoms with Gasteiger partial charge in [0, 0.05) is 4.88 Å². The van der Waals surface area contributed by atoms with E-state index in [1.54, 1.807) is 30.4 Å². The highest BCUT2D eigenvalue weighted by molar-refractivity contribution is 7.18. The number of ether oxygens (including phenoxy) is 1. The number of hydrogen-bond acceptors (Lipinski definition) is 7. The Hall–Kier alpha value is -3.20. The molecule has 0 spiro atoms. The molecule has 31 heavy (non-hydrogen) atoms. The van der Waals surface area contributed by atoms with Crippen LogP contribution in [0.25, 0.3) is 10.2 Å². The van der Waals surface area contributed by atoms with E-state index in [-0.39, 0.29) is 11.3 Å². The normalized spacial score (nSPS) is 16.9. The first kappa shape index (κ1) is 21.0. The summed E-state index contributed by atoms with van der Waals surface area (Å²) in [6, 6.07) is 3.94. The van der Waals surface area contributed by atoms with Gasteiger partial charge in [-0.05, 0) is 61.4 Å². The average molecular weight is 441 g/mol. The van der Waals surface area contributed by atoms with E-state index in [0.29, 0.717) is 22.6 Å². The molecule has 0 fully saturated rings. The maximum Gasteiger partial charge on any atom is 0.263 e. The summed E-state index contributed by atoms with van der Waals surface area (Å²) in [6.45, 7) is 3.87. The number of carbonyl (C=O) groups is 1. The van der Waals surface area contributed by atoms with Gasteiger partial charge in [-0.15, -0.1) is 11.3 Å². The van der Waals surface area contributed by atoms with E-state index in [0.717, 1.165) is 29.7 Å². The van der Waals surface area contributed by atoms with Crippen molar-refractivity contribution in [2.75, 3.05) is 7.11 Å². The largest absolute Gasteiger partial charge is 0.504 e. The summed E-state index contributed by atoms with van der Waals surface area (Å²) < 4.78 is 6.42. The zero-order chi connectivity index (χ0) is 22.1. The quantitative estimate of drug-likeness (QED) is 0.469. The monoisotopic (exact) mass is 440 g/mol. The number of rotatable bonds is 5. The van der Waals surface area contributed by atoms with Crippen LogP contribution in [0.3, 0.4) is 0 Å². The molecule has 2 heterocycles. The van der Waals surface area contributed by atoms with Crippen LogP contribution in [0, 0.1) is 5.92 Å². The molecule has 1 amide bonds. The number of thiophene rings is 1. The first-order valence-electron chi connectivity index (χ1n) is 10.1. The minimum Gasteiger partial charge on any atom is -0.504 e. The van der Waals surface area contributed by atoms with Crippen LogP contribution >= 0.6 is 11.3 Å². The number of phenolic OH excluding ortho intramolecular Hbond substituents is 1. The summed E-state index contributed by atoms with van der Waals surface area (Å²) in [7, 11) is 1.45. The fraction of sp³-hybridized carbons (Fsp3) is 0.364. The van der Waals surface area contributed by atoms with E-state index in [1.165, 1.54) is 35.2 Å². The number of carbonyl (C=O) groups excluding carboxylic acids is 1. The molecule has 8 nitrogen and oxygen atoms in total. The summed E-state index contributed by atoms with van der Waals surface area (Å²) in [5, 5.41) is 14.2. The minimum atomic E-state index is -0.769. The number of phenols is 1. The second kappa shape index (κ2) is 8.50. The summed E-state index contributed by atoms with van der Waals surface area (Å²) >= 11 is 1.59. The molecular weight excluding hydrogens is 416 g/mol. The number of fused-ring (bicyclic) bond motifs is 3. The number of methoxy groups -OCH3 is 1.